The van der Waals surface area contributed by atoms with Crippen molar-refractivity contribution in [2.24, 2.45) is 0 Å². The molecule has 0 bridgehead atoms. The maximum atomic E-state index is 10.4. The number of hydrogen-bond acceptors (Lipinski definition) is 22. The third-order valence-electron chi connectivity index (χ3n) is 4.52. The molecule has 60 heavy (non-hydrogen) atoms. The van der Waals surface area contributed by atoms with Gasteiger partial charge in [0.05, 0.1) is 23.9 Å². The zero-order valence-electron chi connectivity index (χ0n) is 30.6. The number of nitrogens with one attached hydrogen (secondary N) is 4. The molecule has 306 valence electrons. The molecule has 0 amide bonds. The maximum absolute atomic E-state index is 10.4. The molecule has 26 nitrogen and oxygen atoms in total. The van der Waals surface area contributed by atoms with Crippen molar-refractivity contribution >= 4 is 117 Å². The van der Waals surface area contributed by atoms with Crippen LogP contribution in [0.25, 0.3) is 0 Å². The minimum absolute atomic E-state index is 0. The molecule has 0 unspecified atom stereocenters. The Kier molecular flexibility index (Phi) is 43.0. The Hall–Kier alpha value is -0.640. The number of carboxylic acid groups (broad SMARTS) is 4. The number of hydrogen-bond donors (Lipinski definition) is 4. The van der Waals surface area contributed by atoms with Gasteiger partial charge in [-0.2, -0.15) is 39.9 Å². The van der Waals surface area contributed by atoms with Crippen molar-refractivity contribution in [2.45, 2.75) is 0 Å². The molecular weight excluding hydrogens is 1030 g/mol. The molecule has 4 N–H and O–H groups in total. The summed E-state index contributed by atoms with van der Waals surface area (Å²) in [5, 5.41) is 40.8. The fourth-order valence-electron chi connectivity index (χ4n) is 2.78. The average molecular weight is 1040 g/mol. The summed E-state index contributed by atoms with van der Waals surface area (Å²) in [5.74, 6) is -6.12. The molecule has 4 aromatic heterocycles. The van der Waals surface area contributed by atoms with Crippen LogP contribution in [0.3, 0.4) is 0 Å². The van der Waals surface area contributed by atoms with Gasteiger partial charge in [-0.25, -0.2) is 19.2 Å². The minimum Gasteiger partial charge on any atom is -0.549 e. The molecule has 0 aliphatic carbocycles. The first-order valence-electron chi connectivity index (χ1n) is 13.4. The van der Waals surface area contributed by atoms with E-state index in [4.69, 9.17) is 92.8 Å². The second-order valence-electron chi connectivity index (χ2n) is 8.76. The molecule has 4 rings (SSSR count). The fraction of sp³-hybridized carbons (Fsp3) is 0.273. The van der Waals surface area contributed by atoms with Crippen LogP contribution in [0.4, 0.5) is 0 Å². The predicted octanol–water partition coefficient (Wildman–Crippen LogP) is -17.5. The molecule has 0 radical (unpaired) electrons. The first-order valence-corrected chi connectivity index (χ1v) is 16.4. The first kappa shape index (κ1) is 68.4. The van der Waals surface area contributed by atoms with Crippen molar-refractivity contribution < 1.29 is 158 Å². The molecule has 0 atom stereocenters. The van der Waals surface area contributed by atoms with Crippen LogP contribution in [0.2, 0.25) is 42.3 Å². The minimum atomic E-state index is -1.53. The summed E-state index contributed by atoms with van der Waals surface area (Å²) in [7, 11) is 0. The molecule has 0 saturated carbocycles. The smallest absolute Gasteiger partial charge is 0.549 e. The number of nitrogens with zero attached hydrogens (tertiary/aromatic N) is 10. The fourth-order valence-corrected chi connectivity index (χ4v) is 4.24. The van der Waals surface area contributed by atoms with Crippen molar-refractivity contribution in [1.29, 1.82) is 0 Å². The van der Waals surface area contributed by atoms with Gasteiger partial charge in [0.2, 0.25) is 42.3 Å². The molecule has 0 aliphatic rings. The Morgan fingerprint density at radius 3 is 0.667 bits per heavy atom. The van der Waals surface area contributed by atoms with E-state index in [1.54, 1.807) is 0 Å². The number of aliphatic carboxylic acids is 4. The van der Waals surface area contributed by atoms with Crippen LogP contribution in [-0.4, -0.2) is 133 Å². The van der Waals surface area contributed by atoms with E-state index < -0.39 is 72.8 Å². The quantitative estimate of drug-likeness (QED) is 0.101. The van der Waals surface area contributed by atoms with Gasteiger partial charge >= 0.3 is 141 Å². The number of aromatic nitrogens is 12. The number of carbonyl (C=O) groups is 4. The third kappa shape index (κ3) is 39.0. The number of rotatable bonds is 11. The van der Waals surface area contributed by atoms with Gasteiger partial charge < -0.3 is 39.6 Å². The zero-order valence-corrected chi connectivity index (χ0v) is 44.7. The Labute approximate surface area is 461 Å². The zero-order chi connectivity index (χ0) is 43.1. The van der Waals surface area contributed by atoms with Crippen LogP contribution in [0.15, 0.2) is 19.2 Å². The summed E-state index contributed by atoms with van der Waals surface area (Å²) in [5.41, 5.74) is -2.39. The normalized spacial score (nSPS) is 9.30. The van der Waals surface area contributed by atoms with Gasteiger partial charge in [-0.05, 0) is 92.8 Å². The van der Waals surface area contributed by atoms with E-state index in [-0.39, 0.29) is 174 Å². The van der Waals surface area contributed by atoms with Gasteiger partial charge in [0, 0.05) is 39.3 Å². The monoisotopic (exact) mass is 1040 g/mol. The van der Waals surface area contributed by atoms with Gasteiger partial charge in [-0.15, -0.1) is 0 Å². The summed E-state index contributed by atoms with van der Waals surface area (Å²) in [6.07, 6.45) is 0. The number of carbonyl (C=O) groups excluding carboxylic acids is 4. The molecule has 0 saturated heterocycles. The summed E-state index contributed by atoms with van der Waals surface area (Å²) in [6, 6.07) is 0. The SMILES string of the molecule is O=C([O-])CN(CCN(CC(=O)[O-])CC(=O)[O-])CC(=O)[O-].O=c1nc(Cl)nc(Cl)[nH]1.O=c1nc(Cl)nc(Cl)[nH]1.O=c1nc(Cl)nc(Cl)[nH]1.O=c1nc(Cl)nc(Cl)[nH]1.[Na+].[Na+].[Na+].[Na+]. The van der Waals surface area contributed by atoms with Crippen molar-refractivity contribution in [3.8, 4) is 0 Å². The van der Waals surface area contributed by atoms with E-state index in [9.17, 15) is 58.8 Å². The summed E-state index contributed by atoms with van der Waals surface area (Å²) < 4.78 is 0. The van der Waals surface area contributed by atoms with E-state index in [1.807, 2.05) is 0 Å². The predicted molar refractivity (Wildman–Crippen MR) is 184 cm³/mol. The molecule has 0 fully saturated rings. The molecule has 0 spiro atoms. The van der Waals surface area contributed by atoms with Crippen LogP contribution in [0.5, 0.6) is 0 Å². The Balaban J connectivity index is -0.000000216. The topological polar surface area (TPSA) is 402 Å². The van der Waals surface area contributed by atoms with Gasteiger partial charge in [0.25, 0.3) is 0 Å². The number of halogens is 8. The maximum Gasteiger partial charge on any atom is 1.00 e. The van der Waals surface area contributed by atoms with E-state index >= 15 is 0 Å². The number of carboxylic acids is 4. The molecule has 4 heterocycles. The van der Waals surface area contributed by atoms with E-state index in [0.717, 1.165) is 9.80 Å². The van der Waals surface area contributed by atoms with Crippen molar-refractivity contribution in [2.75, 3.05) is 39.3 Å². The average Bonchev–Trinajstić information content (AvgIpc) is 2.97. The third-order valence-corrected chi connectivity index (χ3v) is 5.91. The molecule has 0 aromatic carbocycles. The van der Waals surface area contributed by atoms with Gasteiger partial charge in [0.15, 0.2) is 0 Å². The molecule has 4 aromatic rings. The van der Waals surface area contributed by atoms with Crippen LogP contribution >= 0.6 is 92.8 Å². The number of H-pyrrole nitrogens is 4. The largest absolute Gasteiger partial charge is 1.00 e. The molecular formula is C22H16Cl8N14Na4O12. The van der Waals surface area contributed by atoms with E-state index in [0.29, 0.717) is 0 Å². The van der Waals surface area contributed by atoms with Gasteiger partial charge in [-0.1, -0.05) is 0 Å². The Morgan fingerprint density at radius 2 is 0.550 bits per heavy atom. The van der Waals surface area contributed by atoms with Crippen molar-refractivity contribution in [3.63, 3.8) is 0 Å². The first-order chi connectivity index (χ1) is 25.9. The van der Waals surface area contributed by atoms with Gasteiger partial charge in [-0.3, -0.25) is 29.7 Å². The summed E-state index contributed by atoms with van der Waals surface area (Å²) >= 11 is 41.9. The second-order valence-corrected chi connectivity index (χ2v) is 11.5. The Bertz CT molecular complexity index is 1800. The number of aromatic amines is 4. The molecule has 0 aliphatic heterocycles. The van der Waals surface area contributed by atoms with Crippen LogP contribution in [0.1, 0.15) is 0 Å². The van der Waals surface area contributed by atoms with Crippen molar-refractivity contribution in [3.05, 3.63) is 84.2 Å². The van der Waals surface area contributed by atoms with Crippen LogP contribution in [0, 0.1) is 0 Å². The van der Waals surface area contributed by atoms with E-state index in [2.05, 4.69) is 59.8 Å². The Morgan fingerprint density at radius 1 is 0.383 bits per heavy atom. The van der Waals surface area contributed by atoms with E-state index in [1.165, 1.54) is 0 Å². The van der Waals surface area contributed by atoms with Crippen LogP contribution in [-0.2, 0) is 19.2 Å². The van der Waals surface area contributed by atoms with Crippen LogP contribution < -0.4 is 161 Å². The second kappa shape index (κ2) is 37.7. The van der Waals surface area contributed by atoms with Gasteiger partial charge in [0.1, 0.15) is 0 Å². The standard InChI is InChI=1S/C10H16N2O8.4C3HCl2N3O.4Na/c13-7(14)3-11(4-8(15)16)1-2-12(5-9(17)18)6-10(19)20;4*4-1-6-2(5)8-3(9)7-1;;;;/h1-6H2,(H,13,14)(H,15,16)(H,17,18)(H,19,20);4*(H,6,7,8,9);;;;/q;;;;;4*+1/p-4. The summed E-state index contributed by atoms with van der Waals surface area (Å²) in [4.78, 5) is 120. The summed E-state index contributed by atoms with van der Waals surface area (Å²) in [6.45, 7) is -3.25. The molecule has 38 heteroatoms. The van der Waals surface area contributed by atoms with Crippen molar-refractivity contribution in [1.82, 2.24) is 69.6 Å².